The minimum Gasteiger partial charge on any atom is -0.370 e. The van der Waals surface area contributed by atoms with Crippen LogP contribution in [-0.2, 0) is 10.3 Å². The van der Waals surface area contributed by atoms with Crippen LogP contribution in [0.2, 0.25) is 0 Å². The molecule has 1 rings (SSSR count). The van der Waals surface area contributed by atoms with Crippen LogP contribution >= 0.6 is 0 Å². The molecule has 28 heavy (non-hydrogen) atoms. The number of unbranched alkanes of at least 4 members (excludes halogenated alkanes) is 6. The second kappa shape index (κ2) is 11.6. The van der Waals surface area contributed by atoms with Gasteiger partial charge in [-0.25, -0.2) is 0 Å². The molecule has 1 aromatic carbocycles. The van der Waals surface area contributed by atoms with Gasteiger partial charge in [0.2, 0.25) is 0 Å². The molecule has 0 saturated carbocycles. The second-order valence-corrected chi connectivity index (χ2v) is 9.28. The van der Waals surface area contributed by atoms with E-state index in [2.05, 4.69) is 6.92 Å². The SMILES string of the molecule is CCCCCCCCCC(=O)c1ccc(C(C)C)c(OS(N)(=O)=O)c1C(C)C. The molecular weight excluding hydrogens is 374 g/mol. The zero-order valence-corrected chi connectivity index (χ0v) is 18.9. The van der Waals surface area contributed by atoms with Crippen molar-refractivity contribution in [3.63, 3.8) is 0 Å². The maximum absolute atomic E-state index is 12.9. The van der Waals surface area contributed by atoms with E-state index >= 15 is 0 Å². The first-order chi connectivity index (χ1) is 13.1. The molecule has 0 radical (unpaired) electrons. The van der Waals surface area contributed by atoms with E-state index in [9.17, 15) is 13.2 Å². The third-order valence-electron chi connectivity index (χ3n) is 4.93. The van der Waals surface area contributed by atoms with E-state index in [0.29, 0.717) is 17.5 Å². The van der Waals surface area contributed by atoms with Crippen LogP contribution in [0.5, 0.6) is 5.75 Å². The topological polar surface area (TPSA) is 86.5 Å². The summed E-state index contributed by atoms with van der Waals surface area (Å²) in [6.45, 7) is 9.97. The molecule has 0 fully saturated rings. The van der Waals surface area contributed by atoms with Gasteiger partial charge in [0, 0.05) is 17.5 Å². The Morgan fingerprint density at radius 2 is 1.54 bits per heavy atom. The first kappa shape index (κ1) is 24.6. The zero-order chi connectivity index (χ0) is 21.3. The standard InChI is InChI=1S/C22H37NO4S/c1-6-7-8-9-10-11-12-13-20(24)19-15-14-18(16(2)3)22(21(19)17(4)5)27-28(23,25)26/h14-17H,6-13H2,1-5H3,(H2,23,25,26). The number of carbonyl (C=O) groups is 1. The summed E-state index contributed by atoms with van der Waals surface area (Å²) < 4.78 is 28.4. The molecule has 0 bridgehead atoms. The number of Topliss-reactive ketones (excluding diaryl/α,β-unsaturated/α-hetero) is 1. The first-order valence-electron chi connectivity index (χ1n) is 10.5. The highest BCUT2D eigenvalue weighted by molar-refractivity contribution is 7.84. The molecule has 5 nitrogen and oxygen atoms in total. The molecule has 2 N–H and O–H groups in total. The van der Waals surface area contributed by atoms with Crippen LogP contribution in [0, 0.1) is 0 Å². The smallest absolute Gasteiger partial charge is 0.370 e. The highest BCUT2D eigenvalue weighted by Crippen LogP contribution is 2.38. The van der Waals surface area contributed by atoms with Crippen LogP contribution in [0.4, 0.5) is 0 Å². The van der Waals surface area contributed by atoms with Gasteiger partial charge in [-0.1, -0.05) is 85.3 Å². The molecule has 0 heterocycles. The van der Waals surface area contributed by atoms with Crippen LogP contribution in [-0.4, -0.2) is 14.2 Å². The van der Waals surface area contributed by atoms with E-state index in [1.807, 2.05) is 33.8 Å². The monoisotopic (exact) mass is 411 g/mol. The molecule has 0 spiro atoms. The summed E-state index contributed by atoms with van der Waals surface area (Å²) in [6, 6.07) is 3.60. The largest absolute Gasteiger partial charge is 0.380 e. The summed E-state index contributed by atoms with van der Waals surface area (Å²) >= 11 is 0. The van der Waals surface area contributed by atoms with Crippen LogP contribution < -0.4 is 9.32 Å². The molecule has 0 unspecified atom stereocenters. The fourth-order valence-electron chi connectivity index (χ4n) is 3.47. The van der Waals surface area contributed by atoms with E-state index < -0.39 is 10.3 Å². The van der Waals surface area contributed by atoms with Gasteiger partial charge < -0.3 is 4.18 Å². The Morgan fingerprint density at radius 1 is 0.964 bits per heavy atom. The van der Waals surface area contributed by atoms with Gasteiger partial charge in [-0.2, -0.15) is 13.6 Å². The van der Waals surface area contributed by atoms with Gasteiger partial charge in [0.05, 0.1) is 0 Å². The predicted octanol–water partition coefficient (Wildman–Crippen LogP) is 5.84. The quantitative estimate of drug-likeness (QED) is 0.326. The lowest BCUT2D eigenvalue weighted by Crippen LogP contribution is -2.22. The van der Waals surface area contributed by atoms with E-state index in [0.717, 1.165) is 24.8 Å². The lowest BCUT2D eigenvalue weighted by atomic mass is 9.87. The Bertz CT molecular complexity index is 739. The number of rotatable bonds is 13. The lowest BCUT2D eigenvalue weighted by molar-refractivity contribution is 0.0977. The van der Waals surface area contributed by atoms with Crippen LogP contribution in [0.1, 0.15) is 119 Å². The van der Waals surface area contributed by atoms with Crippen molar-refractivity contribution in [2.24, 2.45) is 5.14 Å². The van der Waals surface area contributed by atoms with Crippen molar-refractivity contribution in [1.29, 1.82) is 0 Å². The molecule has 160 valence electrons. The number of carbonyl (C=O) groups excluding carboxylic acids is 1. The van der Waals surface area contributed by atoms with E-state index in [4.69, 9.17) is 9.32 Å². The predicted molar refractivity (Wildman–Crippen MR) is 115 cm³/mol. The fourth-order valence-corrected chi connectivity index (χ4v) is 3.89. The Labute approximate surface area is 171 Å². The lowest BCUT2D eigenvalue weighted by Gasteiger charge is -2.21. The number of benzene rings is 1. The average Bonchev–Trinajstić information content (AvgIpc) is 2.58. The molecule has 0 aliphatic rings. The van der Waals surface area contributed by atoms with Crippen molar-refractivity contribution in [2.45, 2.75) is 97.8 Å². The number of hydrogen-bond donors (Lipinski definition) is 1. The average molecular weight is 412 g/mol. The minimum atomic E-state index is -4.18. The Morgan fingerprint density at radius 3 is 2.04 bits per heavy atom. The first-order valence-corrected chi connectivity index (χ1v) is 12.0. The van der Waals surface area contributed by atoms with Gasteiger partial charge in [0.1, 0.15) is 0 Å². The van der Waals surface area contributed by atoms with Crippen molar-refractivity contribution in [2.75, 3.05) is 0 Å². The van der Waals surface area contributed by atoms with Gasteiger partial charge in [-0.3, -0.25) is 4.79 Å². The number of nitrogens with two attached hydrogens (primary N) is 1. The summed E-state index contributed by atoms with van der Waals surface area (Å²) in [5.74, 6) is 0.231. The Balaban J connectivity index is 3.02. The molecule has 0 aromatic heterocycles. The molecule has 0 aliphatic carbocycles. The highest BCUT2D eigenvalue weighted by atomic mass is 32.2. The van der Waals surface area contributed by atoms with Crippen molar-refractivity contribution < 1.29 is 17.4 Å². The van der Waals surface area contributed by atoms with Crippen LogP contribution in [0.15, 0.2) is 12.1 Å². The minimum absolute atomic E-state index is 0.0341. The summed E-state index contributed by atoms with van der Waals surface area (Å²) in [5, 5.41) is 5.14. The van der Waals surface area contributed by atoms with Crippen molar-refractivity contribution in [1.82, 2.24) is 0 Å². The number of hydrogen-bond acceptors (Lipinski definition) is 4. The van der Waals surface area contributed by atoms with Gasteiger partial charge >= 0.3 is 10.3 Å². The van der Waals surface area contributed by atoms with E-state index in [1.165, 1.54) is 25.7 Å². The summed E-state index contributed by atoms with van der Waals surface area (Å²) in [7, 11) is -4.18. The highest BCUT2D eigenvalue weighted by Gasteiger charge is 2.25. The van der Waals surface area contributed by atoms with Crippen LogP contribution in [0.3, 0.4) is 0 Å². The fraction of sp³-hybridized carbons (Fsp3) is 0.682. The van der Waals surface area contributed by atoms with Crippen molar-refractivity contribution in [3.05, 3.63) is 28.8 Å². The third kappa shape index (κ3) is 7.92. The molecule has 0 aliphatic heterocycles. The van der Waals surface area contributed by atoms with E-state index in [-0.39, 0.29) is 23.4 Å². The van der Waals surface area contributed by atoms with Crippen molar-refractivity contribution >= 4 is 16.1 Å². The van der Waals surface area contributed by atoms with Gasteiger partial charge in [-0.05, 0) is 23.8 Å². The van der Waals surface area contributed by atoms with Crippen LogP contribution in [0.25, 0.3) is 0 Å². The zero-order valence-electron chi connectivity index (χ0n) is 18.1. The molecular formula is C22H37NO4S. The Kier molecular flexibility index (Phi) is 10.2. The molecule has 0 atom stereocenters. The second-order valence-electron chi connectivity index (χ2n) is 8.13. The molecule has 1 aromatic rings. The molecule has 6 heteroatoms. The molecule has 0 saturated heterocycles. The van der Waals surface area contributed by atoms with Gasteiger partial charge in [-0.15, -0.1) is 0 Å². The molecule has 0 amide bonds. The Hall–Kier alpha value is -1.40. The van der Waals surface area contributed by atoms with E-state index in [1.54, 1.807) is 6.07 Å². The summed E-state index contributed by atoms with van der Waals surface area (Å²) in [4.78, 5) is 12.9. The van der Waals surface area contributed by atoms with Gasteiger partial charge in [0.15, 0.2) is 11.5 Å². The van der Waals surface area contributed by atoms with Gasteiger partial charge in [0.25, 0.3) is 0 Å². The third-order valence-corrected chi connectivity index (χ3v) is 5.33. The normalized spacial score (nSPS) is 12.0. The summed E-state index contributed by atoms with van der Waals surface area (Å²) in [6.07, 6.45) is 8.47. The maximum Gasteiger partial charge on any atom is 0.380 e. The summed E-state index contributed by atoms with van der Waals surface area (Å²) in [5.41, 5.74) is 1.92. The van der Waals surface area contributed by atoms with Crippen molar-refractivity contribution in [3.8, 4) is 5.75 Å². The number of ketones is 1. The maximum atomic E-state index is 12.9.